The molecule has 5 heteroatoms. The molecule has 1 aromatic heterocycles. The van der Waals surface area contributed by atoms with Gasteiger partial charge in [0.2, 0.25) is 0 Å². The molecule has 0 aliphatic rings. The summed E-state index contributed by atoms with van der Waals surface area (Å²) in [7, 11) is 0. The Labute approximate surface area is 108 Å². The van der Waals surface area contributed by atoms with Crippen LogP contribution in [0.5, 0.6) is 0 Å². The second-order valence-electron chi connectivity index (χ2n) is 4.37. The quantitative estimate of drug-likeness (QED) is 0.807. The molecule has 0 aliphatic heterocycles. The molecular weight excluding hydrogens is 230 g/mol. The Morgan fingerprint density at radius 3 is 2.67 bits per heavy atom. The number of nitrogens with two attached hydrogens (primary N) is 1. The van der Waals surface area contributed by atoms with Gasteiger partial charge < -0.3 is 15.4 Å². The van der Waals surface area contributed by atoms with Gasteiger partial charge in [0, 0.05) is 6.04 Å². The number of nitrogen functional groups attached to an aromatic ring is 1. The van der Waals surface area contributed by atoms with E-state index >= 15 is 0 Å². The summed E-state index contributed by atoms with van der Waals surface area (Å²) >= 11 is 0. The highest BCUT2D eigenvalue weighted by atomic mass is 16.5. The van der Waals surface area contributed by atoms with E-state index in [0.29, 0.717) is 12.3 Å². The normalized spacial score (nSPS) is 10.5. The number of nitrogens with zero attached hydrogens (tertiary/aromatic N) is 2. The molecule has 0 bridgehead atoms. The average Bonchev–Trinajstić information content (AvgIpc) is 2.30. The Morgan fingerprint density at radius 1 is 1.50 bits per heavy atom. The number of aryl methyl sites for hydroxylation is 1. The first-order valence-electron chi connectivity index (χ1n) is 6.11. The summed E-state index contributed by atoms with van der Waals surface area (Å²) in [5.74, 6) is 0.493. The van der Waals surface area contributed by atoms with Crippen molar-refractivity contribution in [1.29, 1.82) is 0 Å². The maximum atomic E-state index is 11.6. The van der Waals surface area contributed by atoms with Crippen LogP contribution in [-0.2, 0) is 9.53 Å². The number of hydrogen-bond donors (Lipinski definition) is 1. The van der Waals surface area contributed by atoms with Gasteiger partial charge in [0.15, 0.2) is 0 Å². The smallest absolute Gasteiger partial charge is 0.325 e. The van der Waals surface area contributed by atoms with Gasteiger partial charge in [0.25, 0.3) is 0 Å². The van der Waals surface area contributed by atoms with E-state index in [9.17, 15) is 4.79 Å². The van der Waals surface area contributed by atoms with Crippen LogP contribution in [0, 0.1) is 6.92 Å². The number of ether oxygens (including phenoxy) is 1. The number of carbonyl (C=O) groups is 1. The lowest BCUT2D eigenvalue weighted by atomic mass is 10.2. The van der Waals surface area contributed by atoms with Gasteiger partial charge in [-0.05, 0) is 39.8 Å². The fourth-order valence-corrected chi connectivity index (χ4v) is 1.59. The van der Waals surface area contributed by atoms with Gasteiger partial charge in [-0.2, -0.15) is 0 Å². The second kappa shape index (κ2) is 6.23. The molecule has 0 spiro atoms. The monoisotopic (exact) mass is 251 g/mol. The summed E-state index contributed by atoms with van der Waals surface area (Å²) in [6.45, 7) is 8.24. The molecule has 1 rings (SSSR count). The third-order valence-electron chi connectivity index (χ3n) is 2.63. The number of carbonyl (C=O) groups excluding carboxylic acids is 1. The van der Waals surface area contributed by atoms with Crippen LogP contribution in [0.4, 0.5) is 11.5 Å². The summed E-state index contributed by atoms with van der Waals surface area (Å²) in [6.07, 6.45) is 0. The van der Waals surface area contributed by atoms with Crippen molar-refractivity contribution >= 4 is 17.5 Å². The molecule has 2 N–H and O–H groups in total. The van der Waals surface area contributed by atoms with Crippen molar-refractivity contribution in [2.75, 3.05) is 23.8 Å². The minimum atomic E-state index is -0.248. The molecular formula is C13H21N3O2. The highest BCUT2D eigenvalue weighted by Crippen LogP contribution is 2.18. The SMILES string of the molecule is CCOC(=O)CN(c1ccc(N)c(C)n1)C(C)C. The molecule has 100 valence electrons. The van der Waals surface area contributed by atoms with Crippen LogP contribution in [0.2, 0.25) is 0 Å². The Morgan fingerprint density at radius 2 is 2.17 bits per heavy atom. The molecule has 0 fully saturated rings. The number of hydrogen-bond acceptors (Lipinski definition) is 5. The lowest BCUT2D eigenvalue weighted by Gasteiger charge is -2.27. The van der Waals surface area contributed by atoms with Crippen LogP contribution in [0.3, 0.4) is 0 Å². The number of rotatable bonds is 5. The summed E-state index contributed by atoms with van der Waals surface area (Å²) in [4.78, 5) is 17.9. The summed E-state index contributed by atoms with van der Waals surface area (Å²) in [5.41, 5.74) is 7.16. The fraction of sp³-hybridized carbons (Fsp3) is 0.538. The van der Waals surface area contributed by atoms with Crippen LogP contribution in [0.15, 0.2) is 12.1 Å². The standard InChI is InChI=1S/C13H21N3O2/c1-5-18-13(17)8-16(9(2)3)12-7-6-11(14)10(4)15-12/h6-7,9H,5,8,14H2,1-4H3. The van der Waals surface area contributed by atoms with Gasteiger partial charge in [-0.3, -0.25) is 4.79 Å². The number of esters is 1. The largest absolute Gasteiger partial charge is 0.465 e. The van der Waals surface area contributed by atoms with Crippen molar-refractivity contribution in [1.82, 2.24) is 4.98 Å². The van der Waals surface area contributed by atoms with E-state index in [-0.39, 0.29) is 18.6 Å². The summed E-state index contributed by atoms with van der Waals surface area (Å²) < 4.78 is 4.96. The van der Waals surface area contributed by atoms with E-state index in [1.807, 2.05) is 31.7 Å². The maximum Gasteiger partial charge on any atom is 0.325 e. The Balaban J connectivity index is 2.90. The molecule has 0 atom stereocenters. The topological polar surface area (TPSA) is 68.5 Å². The third-order valence-corrected chi connectivity index (χ3v) is 2.63. The highest BCUT2D eigenvalue weighted by Gasteiger charge is 2.17. The van der Waals surface area contributed by atoms with Crippen molar-refractivity contribution in [3.63, 3.8) is 0 Å². The first-order chi connectivity index (χ1) is 8.45. The molecule has 0 amide bonds. The molecule has 0 aromatic carbocycles. The second-order valence-corrected chi connectivity index (χ2v) is 4.37. The predicted molar refractivity (Wildman–Crippen MR) is 72.5 cm³/mol. The van der Waals surface area contributed by atoms with Gasteiger partial charge in [0.05, 0.1) is 18.0 Å². The first kappa shape index (κ1) is 14.3. The number of anilines is 2. The zero-order chi connectivity index (χ0) is 13.7. The van der Waals surface area contributed by atoms with E-state index in [4.69, 9.17) is 10.5 Å². The van der Waals surface area contributed by atoms with Crippen molar-refractivity contribution in [2.45, 2.75) is 33.7 Å². The molecule has 18 heavy (non-hydrogen) atoms. The molecule has 5 nitrogen and oxygen atoms in total. The summed E-state index contributed by atoms with van der Waals surface area (Å²) in [6, 6.07) is 3.78. The number of aromatic nitrogens is 1. The van der Waals surface area contributed by atoms with E-state index < -0.39 is 0 Å². The Hall–Kier alpha value is -1.78. The highest BCUT2D eigenvalue weighted by molar-refractivity contribution is 5.75. The summed E-state index contributed by atoms with van der Waals surface area (Å²) in [5, 5.41) is 0. The maximum absolute atomic E-state index is 11.6. The Kier molecular flexibility index (Phi) is 4.95. The van der Waals surface area contributed by atoms with Gasteiger partial charge in [0.1, 0.15) is 12.4 Å². The average molecular weight is 251 g/mol. The van der Waals surface area contributed by atoms with Crippen LogP contribution in [0.25, 0.3) is 0 Å². The van der Waals surface area contributed by atoms with Crippen LogP contribution in [-0.4, -0.2) is 30.1 Å². The molecule has 0 saturated carbocycles. The number of pyridine rings is 1. The van der Waals surface area contributed by atoms with Gasteiger partial charge in [-0.25, -0.2) is 4.98 Å². The van der Waals surface area contributed by atoms with Crippen molar-refractivity contribution in [3.05, 3.63) is 17.8 Å². The molecule has 0 radical (unpaired) electrons. The lowest BCUT2D eigenvalue weighted by Crippen LogP contribution is -2.37. The van der Waals surface area contributed by atoms with Crippen molar-refractivity contribution < 1.29 is 9.53 Å². The minimum absolute atomic E-state index is 0.157. The molecule has 1 heterocycles. The first-order valence-corrected chi connectivity index (χ1v) is 6.11. The van der Waals surface area contributed by atoms with Crippen LogP contribution < -0.4 is 10.6 Å². The lowest BCUT2D eigenvalue weighted by molar-refractivity contribution is -0.141. The zero-order valence-corrected chi connectivity index (χ0v) is 11.4. The van der Waals surface area contributed by atoms with Gasteiger partial charge in [-0.1, -0.05) is 0 Å². The molecule has 0 aliphatic carbocycles. The molecule has 0 saturated heterocycles. The van der Waals surface area contributed by atoms with Gasteiger partial charge >= 0.3 is 5.97 Å². The molecule has 0 unspecified atom stereocenters. The Bertz CT molecular complexity index is 419. The zero-order valence-electron chi connectivity index (χ0n) is 11.4. The minimum Gasteiger partial charge on any atom is -0.465 e. The van der Waals surface area contributed by atoms with E-state index in [1.165, 1.54) is 0 Å². The van der Waals surface area contributed by atoms with Crippen molar-refractivity contribution in [3.8, 4) is 0 Å². The van der Waals surface area contributed by atoms with Gasteiger partial charge in [-0.15, -0.1) is 0 Å². The van der Waals surface area contributed by atoms with E-state index in [2.05, 4.69) is 4.98 Å². The third kappa shape index (κ3) is 3.61. The fourth-order valence-electron chi connectivity index (χ4n) is 1.59. The molecule has 1 aromatic rings. The van der Waals surface area contributed by atoms with Crippen molar-refractivity contribution in [2.24, 2.45) is 0 Å². The predicted octanol–water partition coefficient (Wildman–Crippen LogP) is 1.75. The van der Waals surface area contributed by atoms with E-state index in [0.717, 1.165) is 11.5 Å². The van der Waals surface area contributed by atoms with E-state index in [1.54, 1.807) is 13.0 Å². The van der Waals surface area contributed by atoms with Crippen LogP contribution in [0.1, 0.15) is 26.5 Å². The van der Waals surface area contributed by atoms with Crippen LogP contribution >= 0.6 is 0 Å².